The van der Waals surface area contributed by atoms with E-state index in [9.17, 15) is 4.79 Å². The van der Waals surface area contributed by atoms with Crippen molar-refractivity contribution in [1.82, 2.24) is 0 Å². The molecule has 0 aromatic carbocycles. The molecule has 0 fully saturated rings. The minimum absolute atomic E-state index is 0. The molecule has 0 saturated carbocycles. The van der Waals surface area contributed by atoms with Crippen LogP contribution in [0.3, 0.4) is 0 Å². The molecule has 0 atom stereocenters. The number of ether oxygens (including phenoxy) is 1. The zero-order valence-corrected chi connectivity index (χ0v) is 8.68. The maximum absolute atomic E-state index is 11.5. The Morgan fingerprint density at radius 1 is 1.54 bits per heavy atom. The van der Waals surface area contributed by atoms with E-state index in [2.05, 4.69) is 0 Å². The Hall–Kier alpha value is -1.05. The Bertz CT molecular complexity index is 282. The summed E-state index contributed by atoms with van der Waals surface area (Å²) >= 11 is 0. The number of hydrogen-bond acceptors (Lipinski definition) is 2. The molecule has 0 radical (unpaired) electrons. The topological polar surface area (TPSA) is 26.3 Å². The van der Waals surface area contributed by atoms with Gasteiger partial charge < -0.3 is 4.74 Å². The Morgan fingerprint density at radius 3 is 2.54 bits per heavy atom. The second kappa shape index (κ2) is 3.36. The molecular weight excluding hydrogens is 164 g/mol. The number of esters is 1. The molecule has 1 aliphatic rings. The lowest BCUT2D eigenvalue weighted by atomic mass is 10.2. The molecule has 2 heteroatoms. The van der Waals surface area contributed by atoms with E-state index in [1.54, 1.807) is 0 Å². The van der Waals surface area contributed by atoms with Crippen LogP contribution in [0.5, 0.6) is 0 Å². The first-order valence-electron chi connectivity index (χ1n) is 4.49. The van der Waals surface area contributed by atoms with Gasteiger partial charge in [-0.1, -0.05) is 11.6 Å². The summed E-state index contributed by atoms with van der Waals surface area (Å²) in [6, 6.07) is 0. The largest absolute Gasteiger partial charge is 0.456 e. The second-order valence-electron chi connectivity index (χ2n) is 4.36. The van der Waals surface area contributed by atoms with Gasteiger partial charge in [-0.15, -0.1) is 0 Å². The second-order valence-corrected chi connectivity index (χ2v) is 4.36. The minimum atomic E-state index is -0.401. The van der Waals surface area contributed by atoms with E-state index in [1.165, 1.54) is 5.57 Å². The highest BCUT2D eigenvalue weighted by Crippen LogP contribution is 2.20. The van der Waals surface area contributed by atoms with Crippen molar-refractivity contribution in [3.8, 4) is 0 Å². The summed E-state index contributed by atoms with van der Waals surface area (Å²) in [6.07, 6.45) is 4.66. The molecule has 0 aromatic heterocycles. The van der Waals surface area contributed by atoms with Gasteiger partial charge in [0.15, 0.2) is 0 Å². The van der Waals surface area contributed by atoms with E-state index >= 15 is 0 Å². The van der Waals surface area contributed by atoms with Gasteiger partial charge in [0.1, 0.15) is 5.60 Å². The average Bonchev–Trinajstić information content (AvgIpc) is 2.31. The van der Waals surface area contributed by atoms with Gasteiger partial charge in [-0.2, -0.15) is 0 Å². The van der Waals surface area contributed by atoms with Gasteiger partial charge in [0.05, 0.1) is 5.57 Å². The van der Waals surface area contributed by atoms with Crippen LogP contribution in [0.15, 0.2) is 23.3 Å². The lowest BCUT2D eigenvalue weighted by Crippen LogP contribution is -2.24. The third-order valence-corrected chi connectivity index (χ3v) is 1.68. The summed E-state index contributed by atoms with van der Waals surface area (Å²) in [7, 11) is 0. The maximum Gasteiger partial charge on any atom is 0.338 e. The number of rotatable bonds is 1. The lowest BCUT2D eigenvalue weighted by Gasteiger charge is -2.19. The molecule has 0 N–H and O–H groups in total. The van der Waals surface area contributed by atoms with Crippen molar-refractivity contribution in [2.45, 2.75) is 39.7 Å². The molecule has 0 amide bonds. The van der Waals surface area contributed by atoms with E-state index in [1.807, 2.05) is 39.8 Å². The normalized spacial score (nSPS) is 16.6. The Labute approximate surface area is 80.8 Å². The quantitative estimate of drug-likeness (QED) is 0.583. The van der Waals surface area contributed by atoms with Crippen LogP contribution in [0.2, 0.25) is 0 Å². The van der Waals surface area contributed by atoms with Crippen LogP contribution >= 0.6 is 0 Å². The molecule has 0 aromatic rings. The molecule has 2 nitrogen and oxygen atoms in total. The average molecular weight is 182 g/mol. The summed E-state index contributed by atoms with van der Waals surface area (Å²) in [6.45, 7) is 7.62. The molecule has 0 heterocycles. The van der Waals surface area contributed by atoms with Gasteiger partial charge in [-0.25, -0.2) is 4.79 Å². The van der Waals surface area contributed by atoms with Gasteiger partial charge >= 0.3 is 5.97 Å². The van der Waals surface area contributed by atoms with Gasteiger partial charge in [0.2, 0.25) is 0 Å². The fraction of sp³-hybridized carbons (Fsp3) is 0.545. The molecule has 13 heavy (non-hydrogen) atoms. The van der Waals surface area contributed by atoms with Gasteiger partial charge in [0, 0.05) is 1.43 Å². The highest BCUT2D eigenvalue weighted by Gasteiger charge is 2.20. The first-order valence-corrected chi connectivity index (χ1v) is 4.49. The van der Waals surface area contributed by atoms with Crippen molar-refractivity contribution in [2.24, 2.45) is 0 Å². The van der Waals surface area contributed by atoms with Crippen molar-refractivity contribution >= 4 is 5.97 Å². The Morgan fingerprint density at radius 2 is 2.15 bits per heavy atom. The lowest BCUT2D eigenvalue weighted by molar-refractivity contribution is -0.149. The van der Waals surface area contributed by atoms with Crippen molar-refractivity contribution in [2.75, 3.05) is 0 Å². The number of hydrogen-bond donors (Lipinski definition) is 0. The van der Waals surface area contributed by atoms with Crippen LogP contribution in [0.4, 0.5) is 0 Å². The number of carbonyl (C=O) groups is 1. The minimum Gasteiger partial charge on any atom is -0.456 e. The van der Waals surface area contributed by atoms with Crippen molar-refractivity contribution < 1.29 is 11.0 Å². The maximum atomic E-state index is 11.5. The molecule has 74 valence electrons. The first-order chi connectivity index (χ1) is 5.88. The molecule has 0 spiro atoms. The molecule has 0 bridgehead atoms. The van der Waals surface area contributed by atoms with Crippen LogP contribution in [-0.2, 0) is 9.53 Å². The standard InChI is InChI=1S/C11H16O2.H2/c1-8-5-6-9(7-8)10(12)13-11(2,3)4;/h6-7H,5H2,1-4H3;1H. The van der Waals surface area contributed by atoms with Crippen molar-refractivity contribution in [3.05, 3.63) is 23.3 Å². The molecule has 0 aliphatic heterocycles. The third kappa shape index (κ3) is 3.05. The Kier molecular flexibility index (Phi) is 2.60. The fourth-order valence-electron chi connectivity index (χ4n) is 1.13. The van der Waals surface area contributed by atoms with Crippen LogP contribution in [0, 0.1) is 0 Å². The predicted molar refractivity (Wildman–Crippen MR) is 54.4 cm³/mol. The summed E-state index contributed by atoms with van der Waals surface area (Å²) in [5.41, 5.74) is 1.50. The summed E-state index contributed by atoms with van der Waals surface area (Å²) in [4.78, 5) is 11.5. The summed E-state index contributed by atoms with van der Waals surface area (Å²) < 4.78 is 5.22. The zero-order valence-electron chi connectivity index (χ0n) is 8.68. The summed E-state index contributed by atoms with van der Waals surface area (Å²) in [5.74, 6) is -0.218. The third-order valence-electron chi connectivity index (χ3n) is 1.68. The van der Waals surface area contributed by atoms with Crippen LogP contribution < -0.4 is 0 Å². The van der Waals surface area contributed by atoms with E-state index < -0.39 is 5.60 Å². The fourth-order valence-corrected chi connectivity index (χ4v) is 1.13. The van der Waals surface area contributed by atoms with Crippen molar-refractivity contribution in [1.29, 1.82) is 0 Å². The molecule has 1 aliphatic carbocycles. The van der Waals surface area contributed by atoms with Gasteiger partial charge in [-0.05, 0) is 40.2 Å². The molecule has 1 rings (SSSR count). The molecule has 0 saturated heterocycles. The SMILES string of the molecule is CC1=CC(C(=O)OC(C)(C)C)=CC1.[HH]. The molecular formula is C11H18O2. The van der Waals surface area contributed by atoms with E-state index in [-0.39, 0.29) is 7.40 Å². The van der Waals surface area contributed by atoms with E-state index in [0.29, 0.717) is 5.57 Å². The summed E-state index contributed by atoms with van der Waals surface area (Å²) in [5, 5.41) is 0. The van der Waals surface area contributed by atoms with Crippen LogP contribution in [0.25, 0.3) is 0 Å². The van der Waals surface area contributed by atoms with Crippen LogP contribution in [0.1, 0.15) is 35.5 Å². The van der Waals surface area contributed by atoms with Crippen LogP contribution in [-0.4, -0.2) is 11.6 Å². The smallest absolute Gasteiger partial charge is 0.338 e. The first kappa shape index (κ1) is 10.0. The monoisotopic (exact) mass is 182 g/mol. The number of carbonyl (C=O) groups excluding carboxylic acids is 1. The Balaban J connectivity index is 0.00000169. The van der Waals surface area contributed by atoms with Crippen molar-refractivity contribution in [3.63, 3.8) is 0 Å². The van der Waals surface area contributed by atoms with Gasteiger partial charge in [0.25, 0.3) is 0 Å². The van der Waals surface area contributed by atoms with E-state index in [4.69, 9.17) is 4.74 Å². The van der Waals surface area contributed by atoms with Gasteiger partial charge in [-0.3, -0.25) is 0 Å². The van der Waals surface area contributed by atoms with E-state index in [0.717, 1.165) is 6.42 Å². The highest BCUT2D eigenvalue weighted by molar-refractivity contribution is 5.92. The number of allylic oxidation sites excluding steroid dienone is 2. The predicted octanol–water partition coefficient (Wildman–Crippen LogP) is 2.85. The highest BCUT2D eigenvalue weighted by atomic mass is 16.6. The molecule has 0 unspecified atom stereocenters. The zero-order chi connectivity index (χ0) is 10.1.